The standard InChI is InChI=1S/C17H16ClN5O/c18-12-5-1-11(2-6-12)15(19)17(24)22-13-7-3-10(4-8-13)14-9-21-23-16(14)20/h1-9,15H,19H2,(H,22,24)(H3,20,21,23). The molecule has 6 nitrogen and oxygen atoms in total. The number of carbonyl (C=O) groups is 1. The molecule has 0 saturated heterocycles. The van der Waals surface area contributed by atoms with Crippen LogP contribution in [0, 0.1) is 0 Å². The monoisotopic (exact) mass is 341 g/mol. The number of nitrogen functional groups attached to an aromatic ring is 1. The van der Waals surface area contributed by atoms with Gasteiger partial charge in [-0.1, -0.05) is 35.9 Å². The Morgan fingerprint density at radius 1 is 1.12 bits per heavy atom. The Balaban J connectivity index is 1.70. The summed E-state index contributed by atoms with van der Waals surface area (Å²) in [6.45, 7) is 0. The summed E-state index contributed by atoms with van der Waals surface area (Å²) in [5.41, 5.74) is 14.8. The maximum absolute atomic E-state index is 12.3. The van der Waals surface area contributed by atoms with E-state index >= 15 is 0 Å². The molecule has 2 aromatic carbocycles. The Kier molecular flexibility index (Phi) is 4.50. The number of hydrogen-bond acceptors (Lipinski definition) is 4. The number of nitrogens with zero attached hydrogens (tertiary/aromatic N) is 1. The number of halogens is 1. The molecule has 6 N–H and O–H groups in total. The van der Waals surface area contributed by atoms with Crippen LogP contribution in [0.3, 0.4) is 0 Å². The Hall–Kier alpha value is -2.83. The first-order chi connectivity index (χ1) is 11.5. The summed E-state index contributed by atoms with van der Waals surface area (Å²) >= 11 is 5.84. The minimum Gasteiger partial charge on any atom is -0.384 e. The van der Waals surface area contributed by atoms with Crippen LogP contribution in [-0.4, -0.2) is 16.1 Å². The molecule has 122 valence electrons. The average molecular weight is 342 g/mol. The maximum atomic E-state index is 12.3. The molecule has 0 spiro atoms. The van der Waals surface area contributed by atoms with Crippen molar-refractivity contribution in [1.29, 1.82) is 0 Å². The van der Waals surface area contributed by atoms with Crippen LogP contribution in [-0.2, 0) is 4.79 Å². The summed E-state index contributed by atoms with van der Waals surface area (Å²) in [4.78, 5) is 12.3. The molecule has 0 saturated carbocycles. The number of aromatic nitrogens is 2. The molecule has 1 unspecified atom stereocenters. The van der Waals surface area contributed by atoms with E-state index in [9.17, 15) is 4.79 Å². The van der Waals surface area contributed by atoms with E-state index in [1.54, 1.807) is 42.6 Å². The predicted molar refractivity (Wildman–Crippen MR) is 95.4 cm³/mol. The highest BCUT2D eigenvalue weighted by Crippen LogP contribution is 2.25. The smallest absolute Gasteiger partial charge is 0.245 e. The second kappa shape index (κ2) is 6.74. The third-order valence-electron chi connectivity index (χ3n) is 3.64. The molecule has 3 aromatic rings. The van der Waals surface area contributed by atoms with Gasteiger partial charge in [-0.05, 0) is 35.4 Å². The molecular formula is C17H16ClN5O. The van der Waals surface area contributed by atoms with Gasteiger partial charge in [-0.15, -0.1) is 0 Å². The molecule has 24 heavy (non-hydrogen) atoms. The fraction of sp³-hybridized carbons (Fsp3) is 0.0588. The molecular weight excluding hydrogens is 326 g/mol. The number of benzene rings is 2. The summed E-state index contributed by atoms with van der Waals surface area (Å²) < 4.78 is 0. The predicted octanol–water partition coefficient (Wildman–Crippen LogP) is 2.95. The maximum Gasteiger partial charge on any atom is 0.245 e. The number of hydrogen-bond donors (Lipinski definition) is 4. The second-order valence-electron chi connectivity index (χ2n) is 5.29. The van der Waals surface area contributed by atoms with Crippen LogP contribution >= 0.6 is 11.6 Å². The van der Waals surface area contributed by atoms with Gasteiger partial charge in [0.05, 0.1) is 6.20 Å². The Morgan fingerprint density at radius 3 is 2.38 bits per heavy atom. The SMILES string of the molecule is Nc1[nH]ncc1-c1ccc(NC(=O)C(N)c2ccc(Cl)cc2)cc1. The summed E-state index contributed by atoms with van der Waals surface area (Å²) in [7, 11) is 0. The molecule has 1 aromatic heterocycles. The normalized spacial score (nSPS) is 11.9. The van der Waals surface area contributed by atoms with Gasteiger partial charge in [0.1, 0.15) is 11.9 Å². The van der Waals surface area contributed by atoms with Gasteiger partial charge >= 0.3 is 0 Å². The van der Waals surface area contributed by atoms with Gasteiger partial charge in [0.2, 0.25) is 5.91 Å². The molecule has 7 heteroatoms. The van der Waals surface area contributed by atoms with Gasteiger partial charge in [-0.3, -0.25) is 9.89 Å². The summed E-state index contributed by atoms with van der Waals surface area (Å²) in [5, 5.41) is 9.96. The van der Waals surface area contributed by atoms with Crippen molar-refractivity contribution >= 4 is 29.0 Å². The molecule has 0 aliphatic heterocycles. The van der Waals surface area contributed by atoms with E-state index in [0.29, 0.717) is 22.1 Å². The fourth-order valence-electron chi connectivity index (χ4n) is 2.30. The lowest BCUT2D eigenvalue weighted by atomic mass is 10.1. The second-order valence-corrected chi connectivity index (χ2v) is 5.73. The third kappa shape index (κ3) is 3.40. The zero-order valence-corrected chi connectivity index (χ0v) is 13.4. The third-order valence-corrected chi connectivity index (χ3v) is 3.90. The molecule has 0 aliphatic carbocycles. The molecule has 3 rings (SSSR count). The van der Waals surface area contributed by atoms with E-state index in [2.05, 4.69) is 15.5 Å². The highest BCUT2D eigenvalue weighted by atomic mass is 35.5. The van der Waals surface area contributed by atoms with Crippen LogP contribution in [0.5, 0.6) is 0 Å². The van der Waals surface area contributed by atoms with Crippen molar-refractivity contribution in [3.63, 3.8) is 0 Å². The van der Waals surface area contributed by atoms with Gasteiger partial charge in [-0.25, -0.2) is 0 Å². The van der Waals surface area contributed by atoms with Gasteiger partial charge < -0.3 is 16.8 Å². The highest BCUT2D eigenvalue weighted by Gasteiger charge is 2.16. The summed E-state index contributed by atoms with van der Waals surface area (Å²) in [6.07, 6.45) is 1.65. The van der Waals surface area contributed by atoms with E-state index in [4.69, 9.17) is 23.1 Å². The highest BCUT2D eigenvalue weighted by molar-refractivity contribution is 6.30. The van der Waals surface area contributed by atoms with E-state index in [-0.39, 0.29) is 5.91 Å². The van der Waals surface area contributed by atoms with Crippen molar-refractivity contribution in [2.24, 2.45) is 5.73 Å². The van der Waals surface area contributed by atoms with Crippen LogP contribution in [0.2, 0.25) is 5.02 Å². The van der Waals surface area contributed by atoms with Crippen molar-refractivity contribution < 1.29 is 4.79 Å². The van der Waals surface area contributed by atoms with E-state index in [0.717, 1.165) is 11.1 Å². The number of carbonyl (C=O) groups excluding carboxylic acids is 1. The number of aromatic amines is 1. The van der Waals surface area contributed by atoms with Gasteiger partial charge in [-0.2, -0.15) is 5.10 Å². The number of rotatable bonds is 4. The van der Waals surface area contributed by atoms with E-state index in [1.807, 2.05) is 12.1 Å². The number of H-pyrrole nitrogens is 1. The van der Waals surface area contributed by atoms with Crippen molar-refractivity contribution in [1.82, 2.24) is 10.2 Å². The van der Waals surface area contributed by atoms with Gasteiger partial charge in [0, 0.05) is 16.3 Å². The first-order valence-corrected chi connectivity index (χ1v) is 7.63. The largest absolute Gasteiger partial charge is 0.384 e. The van der Waals surface area contributed by atoms with Crippen molar-refractivity contribution in [2.75, 3.05) is 11.1 Å². The van der Waals surface area contributed by atoms with Crippen LogP contribution in [0.1, 0.15) is 11.6 Å². The average Bonchev–Trinajstić information content (AvgIpc) is 3.01. The molecule has 0 bridgehead atoms. The summed E-state index contributed by atoms with van der Waals surface area (Å²) in [5.74, 6) is 0.199. The lowest BCUT2D eigenvalue weighted by Crippen LogP contribution is -2.27. The fourth-order valence-corrected chi connectivity index (χ4v) is 2.43. The molecule has 1 amide bonds. The van der Waals surface area contributed by atoms with Gasteiger partial charge in [0.25, 0.3) is 0 Å². The van der Waals surface area contributed by atoms with Crippen LogP contribution in [0.25, 0.3) is 11.1 Å². The Bertz CT molecular complexity index is 842. The van der Waals surface area contributed by atoms with Crippen molar-refractivity contribution in [3.05, 3.63) is 65.3 Å². The lowest BCUT2D eigenvalue weighted by Gasteiger charge is -2.13. The topological polar surface area (TPSA) is 110 Å². The lowest BCUT2D eigenvalue weighted by molar-refractivity contribution is -0.117. The first kappa shape index (κ1) is 16.0. The van der Waals surface area contributed by atoms with Crippen molar-refractivity contribution in [2.45, 2.75) is 6.04 Å². The zero-order chi connectivity index (χ0) is 17.1. The van der Waals surface area contributed by atoms with Gasteiger partial charge in [0.15, 0.2) is 0 Å². The Labute approximate surface area is 143 Å². The first-order valence-electron chi connectivity index (χ1n) is 7.26. The Morgan fingerprint density at radius 2 is 1.79 bits per heavy atom. The van der Waals surface area contributed by atoms with Crippen molar-refractivity contribution in [3.8, 4) is 11.1 Å². The molecule has 0 fully saturated rings. The molecule has 1 atom stereocenters. The quantitative estimate of drug-likeness (QED) is 0.584. The molecule has 0 radical (unpaired) electrons. The minimum absolute atomic E-state index is 0.298. The molecule has 0 aliphatic rings. The number of anilines is 2. The van der Waals surface area contributed by atoms with Crippen LogP contribution in [0.4, 0.5) is 11.5 Å². The number of nitrogens with two attached hydrogens (primary N) is 2. The minimum atomic E-state index is -0.772. The van der Waals surface area contributed by atoms with E-state index in [1.165, 1.54) is 0 Å². The summed E-state index contributed by atoms with van der Waals surface area (Å²) in [6, 6.07) is 13.4. The van der Waals surface area contributed by atoms with Crippen LogP contribution < -0.4 is 16.8 Å². The van der Waals surface area contributed by atoms with Crippen LogP contribution in [0.15, 0.2) is 54.7 Å². The van der Waals surface area contributed by atoms with E-state index < -0.39 is 6.04 Å². The molecule has 1 heterocycles. The number of amides is 1. The zero-order valence-electron chi connectivity index (χ0n) is 12.7. The number of nitrogens with one attached hydrogen (secondary N) is 2.